The Balaban J connectivity index is 1.98. The topological polar surface area (TPSA) is 41.5 Å². The maximum absolute atomic E-state index is 9.31. The number of para-hydroxylation sites is 2. The summed E-state index contributed by atoms with van der Waals surface area (Å²) in [5.74, 6) is 1.20. The summed E-state index contributed by atoms with van der Waals surface area (Å²) >= 11 is 0. The first-order valence-electron chi connectivity index (χ1n) is 7.45. The molecule has 0 aliphatic heterocycles. The van der Waals surface area contributed by atoms with Crippen molar-refractivity contribution in [3.63, 3.8) is 0 Å². The lowest BCUT2D eigenvalue weighted by molar-refractivity contribution is 0.318. The van der Waals surface area contributed by atoms with Gasteiger partial charge in [-0.1, -0.05) is 31.2 Å². The maximum Gasteiger partial charge on any atom is 0.142 e. The van der Waals surface area contributed by atoms with E-state index in [1.54, 1.807) is 12.1 Å². The largest absolute Gasteiger partial charge is 0.508 e. The molecule has 1 unspecified atom stereocenters. The molecule has 0 fully saturated rings. The molecule has 0 radical (unpaired) electrons. The smallest absolute Gasteiger partial charge is 0.142 e. The molecule has 3 heteroatoms. The Morgan fingerprint density at radius 1 is 1.10 bits per heavy atom. The second-order valence-electron chi connectivity index (χ2n) is 5.26. The molecular formula is C18H23NO2. The average molecular weight is 285 g/mol. The lowest BCUT2D eigenvalue weighted by atomic mass is 10.1. The molecule has 0 amide bonds. The molecule has 112 valence electrons. The second-order valence-corrected chi connectivity index (χ2v) is 5.26. The second kappa shape index (κ2) is 7.58. The molecule has 0 aromatic heterocycles. The molecular weight excluding hydrogens is 262 g/mol. The van der Waals surface area contributed by atoms with E-state index in [-0.39, 0.29) is 6.04 Å². The van der Waals surface area contributed by atoms with Crippen molar-refractivity contribution in [3.05, 3.63) is 54.1 Å². The van der Waals surface area contributed by atoms with E-state index < -0.39 is 0 Å². The first-order chi connectivity index (χ1) is 10.2. The third kappa shape index (κ3) is 4.71. The van der Waals surface area contributed by atoms with Crippen LogP contribution in [0, 0.1) is 0 Å². The van der Waals surface area contributed by atoms with E-state index in [0.29, 0.717) is 5.75 Å². The molecule has 0 heterocycles. The van der Waals surface area contributed by atoms with Crippen molar-refractivity contribution in [1.29, 1.82) is 0 Å². The van der Waals surface area contributed by atoms with Crippen LogP contribution in [0.4, 0.5) is 5.69 Å². The van der Waals surface area contributed by atoms with Crippen LogP contribution < -0.4 is 10.1 Å². The average Bonchev–Trinajstić information content (AvgIpc) is 2.49. The zero-order valence-electron chi connectivity index (χ0n) is 12.7. The molecule has 0 saturated carbocycles. The van der Waals surface area contributed by atoms with Crippen LogP contribution in [0.3, 0.4) is 0 Å². The number of hydrogen-bond donors (Lipinski definition) is 2. The summed E-state index contributed by atoms with van der Waals surface area (Å²) in [6, 6.07) is 15.7. The number of phenols is 1. The van der Waals surface area contributed by atoms with Crippen molar-refractivity contribution in [1.82, 2.24) is 0 Å². The Morgan fingerprint density at radius 3 is 2.52 bits per heavy atom. The molecule has 2 aromatic carbocycles. The lowest BCUT2D eigenvalue weighted by Gasteiger charge is -2.18. The van der Waals surface area contributed by atoms with Crippen LogP contribution in [0.25, 0.3) is 0 Å². The molecule has 2 aromatic rings. The van der Waals surface area contributed by atoms with Gasteiger partial charge in [-0.3, -0.25) is 0 Å². The van der Waals surface area contributed by atoms with E-state index in [9.17, 15) is 5.11 Å². The number of ether oxygens (including phenoxy) is 1. The molecule has 0 aliphatic carbocycles. The summed E-state index contributed by atoms with van der Waals surface area (Å²) in [4.78, 5) is 0. The third-order valence-corrected chi connectivity index (χ3v) is 3.23. The minimum absolute atomic E-state index is 0.279. The van der Waals surface area contributed by atoms with Gasteiger partial charge in [-0.25, -0.2) is 0 Å². The minimum atomic E-state index is 0.279. The standard InChI is InChI=1S/C18H23NO2/c1-3-12-21-18-7-5-4-6-17(18)19-14(2)13-15-8-10-16(20)11-9-15/h4-11,14,19-20H,3,12-13H2,1-2H3. The molecule has 0 saturated heterocycles. The summed E-state index contributed by atoms with van der Waals surface area (Å²) in [5.41, 5.74) is 2.22. The summed E-state index contributed by atoms with van der Waals surface area (Å²) in [7, 11) is 0. The van der Waals surface area contributed by atoms with Crippen molar-refractivity contribution in [2.24, 2.45) is 0 Å². The van der Waals surface area contributed by atoms with E-state index in [0.717, 1.165) is 30.9 Å². The number of anilines is 1. The van der Waals surface area contributed by atoms with E-state index >= 15 is 0 Å². The fraction of sp³-hybridized carbons (Fsp3) is 0.333. The molecule has 2 rings (SSSR count). The highest BCUT2D eigenvalue weighted by Gasteiger charge is 2.08. The number of nitrogens with one attached hydrogen (secondary N) is 1. The molecule has 3 nitrogen and oxygen atoms in total. The van der Waals surface area contributed by atoms with Crippen molar-refractivity contribution in [3.8, 4) is 11.5 Å². The Kier molecular flexibility index (Phi) is 5.50. The van der Waals surface area contributed by atoms with E-state index in [1.165, 1.54) is 5.56 Å². The zero-order valence-corrected chi connectivity index (χ0v) is 12.7. The highest BCUT2D eigenvalue weighted by molar-refractivity contribution is 5.56. The molecule has 0 bridgehead atoms. The van der Waals surface area contributed by atoms with E-state index in [2.05, 4.69) is 19.2 Å². The SMILES string of the molecule is CCCOc1ccccc1NC(C)Cc1ccc(O)cc1. The van der Waals surface area contributed by atoms with Gasteiger partial charge in [-0.2, -0.15) is 0 Å². The number of benzene rings is 2. The van der Waals surface area contributed by atoms with Crippen molar-refractivity contribution < 1.29 is 9.84 Å². The van der Waals surface area contributed by atoms with E-state index in [4.69, 9.17) is 4.74 Å². The van der Waals surface area contributed by atoms with Gasteiger partial charge in [0.2, 0.25) is 0 Å². The van der Waals surface area contributed by atoms with Gasteiger partial charge in [0, 0.05) is 6.04 Å². The Hall–Kier alpha value is -2.16. The number of hydrogen-bond acceptors (Lipinski definition) is 3. The first-order valence-corrected chi connectivity index (χ1v) is 7.45. The lowest BCUT2D eigenvalue weighted by Crippen LogP contribution is -2.18. The fourth-order valence-electron chi connectivity index (χ4n) is 2.23. The van der Waals surface area contributed by atoms with Crippen LogP contribution in [-0.2, 0) is 6.42 Å². The van der Waals surface area contributed by atoms with Gasteiger partial charge >= 0.3 is 0 Å². The highest BCUT2D eigenvalue weighted by atomic mass is 16.5. The van der Waals surface area contributed by atoms with Crippen LogP contribution in [0.1, 0.15) is 25.8 Å². The van der Waals surface area contributed by atoms with Gasteiger partial charge < -0.3 is 15.2 Å². The van der Waals surface area contributed by atoms with Crippen LogP contribution >= 0.6 is 0 Å². The molecule has 1 atom stereocenters. The summed E-state index contributed by atoms with van der Waals surface area (Å²) in [6.45, 7) is 4.97. The van der Waals surface area contributed by atoms with Gasteiger partial charge in [0.25, 0.3) is 0 Å². The first kappa shape index (κ1) is 15.2. The van der Waals surface area contributed by atoms with Gasteiger partial charge in [0.05, 0.1) is 12.3 Å². The van der Waals surface area contributed by atoms with Crippen LogP contribution in [0.2, 0.25) is 0 Å². The van der Waals surface area contributed by atoms with Gasteiger partial charge in [-0.05, 0) is 49.6 Å². The summed E-state index contributed by atoms with van der Waals surface area (Å²) < 4.78 is 5.76. The third-order valence-electron chi connectivity index (χ3n) is 3.23. The quantitative estimate of drug-likeness (QED) is 0.800. The monoisotopic (exact) mass is 285 g/mol. The van der Waals surface area contributed by atoms with Crippen molar-refractivity contribution in [2.45, 2.75) is 32.7 Å². The summed E-state index contributed by atoms with van der Waals surface area (Å²) in [5, 5.41) is 12.8. The molecule has 21 heavy (non-hydrogen) atoms. The molecule has 2 N–H and O–H groups in total. The summed E-state index contributed by atoms with van der Waals surface area (Å²) in [6.07, 6.45) is 1.89. The molecule has 0 spiro atoms. The van der Waals surface area contributed by atoms with Crippen LogP contribution in [0.5, 0.6) is 11.5 Å². The fourth-order valence-corrected chi connectivity index (χ4v) is 2.23. The van der Waals surface area contributed by atoms with Crippen LogP contribution in [0.15, 0.2) is 48.5 Å². The highest BCUT2D eigenvalue weighted by Crippen LogP contribution is 2.25. The zero-order chi connectivity index (χ0) is 15.1. The van der Waals surface area contributed by atoms with Gasteiger partial charge in [0.1, 0.15) is 11.5 Å². The van der Waals surface area contributed by atoms with E-state index in [1.807, 2.05) is 36.4 Å². The van der Waals surface area contributed by atoms with Gasteiger partial charge in [-0.15, -0.1) is 0 Å². The predicted octanol–water partition coefficient (Wildman–Crippen LogP) is 4.22. The van der Waals surface area contributed by atoms with Crippen molar-refractivity contribution in [2.75, 3.05) is 11.9 Å². The predicted molar refractivity (Wildman–Crippen MR) is 87.1 cm³/mol. The van der Waals surface area contributed by atoms with Crippen LogP contribution in [-0.4, -0.2) is 17.8 Å². The molecule has 0 aliphatic rings. The van der Waals surface area contributed by atoms with Gasteiger partial charge in [0.15, 0.2) is 0 Å². The maximum atomic E-state index is 9.31. The number of phenolic OH excluding ortho intramolecular Hbond substituents is 1. The number of rotatable bonds is 7. The minimum Gasteiger partial charge on any atom is -0.508 e. The Labute approximate surface area is 126 Å². The Bertz CT molecular complexity index is 551. The normalized spacial score (nSPS) is 11.9. The Morgan fingerprint density at radius 2 is 1.81 bits per heavy atom. The van der Waals surface area contributed by atoms with Crippen molar-refractivity contribution >= 4 is 5.69 Å². The number of aromatic hydroxyl groups is 1.